The molecule has 1 aromatic rings. The number of allylic oxidation sites excluding steroid dienone is 1. The number of aliphatic hydroxyl groups is 2. The van der Waals surface area contributed by atoms with E-state index in [4.69, 9.17) is 19.7 Å². The Kier molecular flexibility index (Phi) is 4.01. The van der Waals surface area contributed by atoms with E-state index >= 15 is 0 Å². The highest BCUT2D eigenvalue weighted by Gasteiger charge is 2.22. The fraction of sp³-hybridized carbons (Fsp3) is 0.385. The van der Waals surface area contributed by atoms with E-state index in [1.807, 2.05) is 30.3 Å². The molecule has 1 heterocycles. The van der Waals surface area contributed by atoms with E-state index in [0.717, 1.165) is 5.56 Å². The Labute approximate surface area is 100 Å². The molecule has 1 aliphatic rings. The summed E-state index contributed by atoms with van der Waals surface area (Å²) in [6.07, 6.45) is 1.15. The van der Waals surface area contributed by atoms with E-state index in [2.05, 4.69) is 0 Å². The molecule has 1 aliphatic heterocycles. The molecule has 0 aliphatic carbocycles. The summed E-state index contributed by atoms with van der Waals surface area (Å²) in [6.45, 7) is 0.210. The minimum Gasteiger partial charge on any atom is -0.462 e. The van der Waals surface area contributed by atoms with Gasteiger partial charge in [-0.15, -0.1) is 0 Å². The summed E-state index contributed by atoms with van der Waals surface area (Å²) >= 11 is 0. The second-order valence-electron chi connectivity index (χ2n) is 4.05. The number of ether oxygens (including phenoxy) is 2. The van der Waals surface area contributed by atoms with E-state index in [9.17, 15) is 0 Å². The van der Waals surface area contributed by atoms with E-state index < -0.39 is 6.29 Å². The predicted molar refractivity (Wildman–Crippen MR) is 61.6 cm³/mol. The van der Waals surface area contributed by atoms with Gasteiger partial charge in [-0.2, -0.15) is 0 Å². The van der Waals surface area contributed by atoms with Crippen molar-refractivity contribution in [2.45, 2.75) is 19.1 Å². The lowest BCUT2D eigenvalue weighted by molar-refractivity contribution is -0.0576. The standard InChI is InChI=1S/C13H16O4/c14-13(15)7-11(12-8-16-9-17-12)6-10-4-2-1-3-5-10/h1-5,8,11,13-15H,6-7,9H2. The van der Waals surface area contributed by atoms with Gasteiger partial charge in [-0.3, -0.25) is 0 Å². The lowest BCUT2D eigenvalue weighted by Gasteiger charge is -2.17. The Bertz CT molecular complexity index is 372. The van der Waals surface area contributed by atoms with Gasteiger partial charge in [0, 0.05) is 12.3 Å². The molecule has 2 N–H and O–H groups in total. The van der Waals surface area contributed by atoms with Gasteiger partial charge in [0.05, 0.1) is 0 Å². The van der Waals surface area contributed by atoms with Gasteiger partial charge in [-0.25, -0.2) is 0 Å². The molecule has 0 spiro atoms. The summed E-state index contributed by atoms with van der Waals surface area (Å²) in [5.41, 5.74) is 1.13. The first-order valence-corrected chi connectivity index (χ1v) is 5.60. The zero-order valence-electron chi connectivity index (χ0n) is 9.45. The second-order valence-corrected chi connectivity index (χ2v) is 4.05. The van der Waals surface area contributed by atoms with E-state index in [0.29, 0.717) is 12.2 Å². The van der Waals surface area contributed by atoms with Crippen molar-refractivity contribution in [1.29, 1.82) is 0 Å². The molecule has 0 aromatic heterocycles. The molecule has 4 heteroatoms. The van der Waals surface area contributed by atoms with Gasteiger partial charge in [0.15, 0.2) is 6.29 Å². The van der Waals surface area contributed by atoms with E-state index in [-0.39, 0.29) is 19.1 Å². The number of hydrogen-bond acceptors (Lipinski definition) is 4. The van der Waals surface area contributed by atoms with Crippen molar-refractivity contribution in [2.24, 2.45) is 5.92 Å². The maximum atomic E-state index is 9.09. The molecule has 0 amide bonds. The van der Waals surface area contributed by atoms with Gasteiger partial charge < -0.3 is 19.7 Å². The Hall–Kier alpha value is -1.52. The van der Waals surface area contributed by atoms with Gasteiger partial charge in [0.25, 0.3) is 0 Å². The normalized spacial score (nSPS) is 16.3. The minimum absolute atomic E-state index is 0.0695. The van der Waals surface area contributed by atoms with Crippen molar-refractivity contribution in [3.63, 3.8) is 0 Å². The van der Waals surface area contributed by atoms with Crippen LogP contribution in [0.4, 0.5) is 0 Å². The fourth-order valence-electron chi connectivity index (χ4n) is 1.92. The van der Waals surface area contributed by atoms with Crippen molar-refractivity contribution in [3.8, 4) is 0 Å². The average molecular weight is 236 g/mol. The van der Waals surface area contributed by atoms with Gasteiger partial charge in [0.1, 0.15) is 12.0 Å². The molecule has 0 radical (unpaired) electrons. The molecule has 17 heavy (non-hydrogen) atoms. The van der Waals surface area contributed by atoms with Crippen molar-refractivity contribution >= 4 is 0 Å². The molecule has 1 atom stereocenters. The van der Waals surface area contributed by atoms with Crippen LogP contribution in [0.2, 0.25) is 0 Å². The van der Waals surface area contributed by atoms with E-state index in [1.165, 1.54) is 0 Å². The Balaban J connectivity index is 2.05. The lowest BCUT2D eigenvalue weighted by atomic mass is 9.94. The Morgan fingerprint density at radius 1 is 1.18 bits per heavy atom. The number of benzene rings is 1. The summed E-state index contributed by atoms with van der Waals surface area (Å²) < 4.78 is 10.3. The molecule has 0 bridgehead atoms. The largest absolute Gasteiger partial charge is 0.462 e. The molecule has 92 valence electrons. The van der Waals surface area contributed by atoms with Crippen LogP contribution in [0.15, 0.2) is 42.4 Å². The van der Waals surface area contributed by atoms with Crippen LogP contribution in [0.5, 0.6) is 0 Å². The zero-order valence-corrected chi connectivity index (χ0v) is 9.45. The quantitative estimate of drug-likeness (QED) is 0.758. The molecule has 0 saturated carbocycles. The summed E-state index contributed by atoms with van der Waals surface area (Å²) in [4.78, 5) is 0. The van der Waals surface area contributed by atoms with Crippen LogP contribution in [-0.4, -0.2) is 23.3 Å². The van der Waals surface area contributed by atoms with Crippen LogP contribution in [0, 0.1) is 5.92 Å². The van der Waals surface area contributed by atoms with Crippen molar-refractivity contribution < 1.29 is 19.7 Å². The second kappa shape index (κ2) is 5.70. The first kappa shape index (κ1) is 12.0. The lowest BCUT2D eigenvalue weighted by Crippen LogP contribution is -2.17. The molecule has 1 aromatic carbocycles. The minimum atomic E-state index is -1.34. The first-order chi connectivity index (χ1) is 8.25. The van der Waals surface area contributed by atoms with Gasteiger partial charge in [-0.1, -0.05) is 30.3 Å². The third-order valence-electron chi connectivity index (χ3n) is 2.72. The SMILES string of the molecule is OC(O)CC(Cc1ccccc1)C1=COCO1. The molecule has 2 rings (SSSR count). The average Bonchev–Trinajstić information content (AvgIpc) is 2.82. The maximum absolute atomic E-state index is 9.09. The molecular formula is C13H16O4. The molecule has 1 unspecified atom stereocenters. The first-order valence-electron chi connectivity index (χ1n) is 5.60. The smallest absolute Gasteiger partial charge is 0.229 e. The number of aliphatic hydroxyl groups excluding tert-OH is 1. The summed E-state index contributed by atoms with van der Waals surface area (Å²) in [7, 11) is 0. The van der Waals surface area contributed by atoms with Crippen molar-refractivity contribution in [2.75, 3.05) is 6.79 Å². The third kappa shape index (κ3) is 3.47. The third-order valence-corrected chi connectivity index (χ3v) is 2.72. The number of hydrogen-bond donors (Lipinski definition) is 2. The van der Waals surface area contributed by atoms with Crippen molar-refractivity contribution in [3.05, 3.63) is 47.9 Å². The Morgan fingerprint density at radius 3 is 2.53 bits per heavy atom. The molecule has 0 saturated heterocycles. The van der Waals surface area contributed by atoms with E-state index in [1.54, 1.807) is 6.26 Å². The zero-order chi connectivity index (χ0) is 12.1. The van der Waals surface area contributed by atoms with Crippen LogP contribution in [-0.2, 0) is 15.9 Å². The topological polar surface area (TPSA) is 58.9 Å². The van der Waals surface area contributed by atoms with Gasteiger partial charge in [-0.05, 0) is 12.0 Å². The maximum Gasteiger partial charge on any atom is 0.229 e. The van der Waals surface area contributed by atoms with Crippen LogP contribution < -0.4 is 0 Å². The molecule has 0 fully saturated rings. The summed E-state index contributed by atoms with van der Waals surface area (Å²) in [5.74, 6) is 0.613. The highest BCUT2D eigenvalue weighted by atomic mass is 16.7. The summed E-state index contributed by atoms with van der Waals surface area (Å²) in [6, 6.07) is 9.89. The number of rotatable bonds is 5. The van der Waals surface area contributed by atoms with Crippen LogP contribution in [0.25, 0.3) is 0 Å². The van der Waals surface area contributed by atoms with Gasteiger partial charge >= 0.3 is 0 Å². The predicted octanol–water partition coefficient (Wildman–Crippen LogP) is 1.39. The highest BCUT2D eigenvalue weighted by Crippen LogP contribution is 2.25. The molecule has 4 nitrogen and oxygen atoms in total. The van der Waals surface area contributed by atoms with Crippen LogP contribution >= 0.6 is 0 Å². The van der Waals surface area contributed by atoms with Crippen molar-refractivity contribution in [1.82, 2.24) is 0 Å². The Morgan fingerprint density at radius 2 is 1.94 bits per heavy atom. The summed E-state index contributed by atoms with van der Waals surface area (Å²) in [5, 5.41) is 18.2. The van der Waals surface area contributed by atoms with Crippen LogP contribution in [0.3, 0.4) is 0 Å². The van der Waals surface area contributed by atoms with Gasteiger partial charge in [0.2, 0.25) is 6.79 Å². The monoisotopic (exact) mass is 236 g/mol. The van der Waals surface area contributed by atoms with Crippen LogP contribution in [0.1, 0.15) is 12.0 Å². The molecular weight excluding hydrogens is 220 g/mol. The fourth-order valence-corrected chi connectivity index (χ4v) is 1.92. The highest BCUT2D eigenvalue weighted by molar-refractivity contribution is 5.17.